The molecule has 0 bridgehead atoms. The highest BCUT2D eigenvalue weighted by Crippen LogP contribution is 1.74. The van der Waals surface area contributed by atoms with Crippen LogP contribution in [0.15, 0.2) is 0 Å². The molecular weight excluding hydrogens is 164 g/mol. The Labute approximate surface area is 70.7 Å². The van der Waals surface area contributed by atoms with Gasteiger partial charge in [0.05, 0.1) is 0 Å². The summed E-state index contributed by atoms with van der Waals surface area (Å²) in [4.78, 5) is 10.2. The van der Waals surface area contributed by atoms with Crippen molar-refractivity contribution in [3.8, 4) is 0 Å². The van der Waals surface area contributed by atoms with Crippen LogP contribution in [-0.4, -0.2) is 17.2 Å². The molecule has 64 valence electrons. The molecule has 0 aliphatic carbocycles. The number of rotatable bonds is 1. The second kappa shape index (κ2) is 4.73. The Kier molecular flexibility index (Phi) is 4.28. The number of nitrogens with two attached hydrogens (primary N) is 1. The van der Waals surface area contributed by atoms with Gasteiger partial charge in [0.25, 0.3) is 0 Å². The molecule has 0 atom stereocenters. The van der Waals surface area contributed by atoms with E-state index >= 15 is 0 Å². The van der Waals surface area contributed by atoms with E-state index < -0.39 is 6.03 Å². The molecule has 0 aromatic carbocycles. The molecule has 0 spiro atoms. The molecule has 0 aromatic heterocycles. The minimum Gasteiger partial charge on any atom is -0.359 e. The lowest BCUT2D eigenvalue weighted by atomic mass is 10.4. The Balaban J connectivity index is 3.45. The van der Waals surface area contributed by atoms with Gasteiger partial charge in [-0.2, -0.15) is 0 Å². The lowest BCUT2D eigenvalue weighted by Crippen LogP contribution is -2.50. The van der Waals surface area contributed by atoms with Crippen LogP contribution in [0, 0.1) is 0 Å². The highest BCUT2D eigenvalue weighted by molar-refractivity contribution is 7.80. The maximum Gasteiger partial charge on any atom is 0.330 e. The Bertz CT molecular complexity index is 159. The quantitative estimate of drug-likeness (QED) is 0.319. The smallest absolute Gasteiger partial charge is 0.330 e. The van der Waals surface area contributed by atoms with Crippen molar-refractivity contribution >= 4 is 23.4 Å². The van der Waals surface area contributed by atoms with Crippen molar-refractivity contribution in [2.75, 3.05) is 0 Å². The number of primary amides is 1. The van der Waals surface area contributed by atoms with E-state index in [0.717, 1.165) is 0 Å². The molecule has 0 radical (unpaired) electrons. The van der Waals surface area contributed by atoms with Gasteiger partial charge in [0.2, 0.25) is 0 Å². The summed E-state index contributed by atoms with van der Waals surface area (Å²) in [5.41, 5.74) is 9.32. The highest BCUT2D eigenvalue weighted by Gasteiger charge is 1.96. The first kappa shape index (κ1) is 9.96. The van der Waals surface area contributed by atoms with Crippen LogP contribution in [0.2, 0.25) is 0 Å². The fourth-order valence-corrected chi connectivity index (χ4v) is 0.703. The van der Waals surface area contributed by atoms with Gasteiger partial charge in [-0.1, -0.05) is 0 Å². The topological polar surface area (TPSA) is 79.2 Å². The zero-order valence-corrected chi connectivity index (χ0v) is 7.29. The molecule has 0 fully saturated rings. The number of urea groups is 1. The number of amides is 2. The van der Waals surface area contributed by atoms with Crippen molar-refractivity contribution in [1.29, 1.82) is 0 Å². The predicted molar refractivity (Wildman–Crippen MR) is 46.7 cm³/mol. The standard InChI is InChI=1S/C5H12N4OS/c1-3(2)7-5(11)9-8-4(6)10/h3H,1-2H3,(H3,6,8,10)(H2,7,9,11). The maximum absolute atomic E-state index is 10.2. The molecule has 6 heteroatoms. The maximum atomic E-state index is 10.2. The number of thiocarbonyl (C=S) groups is 1. The number of hydrogen-bond donors (Lipinski definition) is 4. The minimum atomic E-state index is -0.669. The monoisotopic (exact) mass is 176 g/mol. The molecule has 11 heavy (non-hydrogen) atoms. The molecule has 0 heterocycles. The Morgan fingerprint density at radius 3 is 2.36 bits per heavy atom. The number of nitrogens with one attached hydrogen (secondary N) is 3. The van der Waals surface area contributed by atoms with Crippen LogP contribution in [-0.2, 0) is 0 Å². The molecule has 5 N–H and O–H groups in total. The lowest BCUT2D eigenvalue weighted by Gasteiger charge is -2.12. The van der Waals surface area contributed by atoms with Crippen LogP contribution in [0.5, 0.6) is 0 Å². The Morgan fingerprint density at radius 2 is 2.00 bits per heavy atom. The van der Waals surface area contributed by atoms with Gasteiger partial charge in [-0.05, 0) is 26.1 Å². The average molecular weight is 176 g/mol. The second-order valence-corrected chi connectivity index (χ2v) is 2.65. The fraction of sp³-hybridized carbons (Fsp3) is 0.600. The largest absolute Gasteiger partial charge is 0.359 e. The summed E-state index contributed by atoms with van der Waals surface area (Å²) in [6, 6.07) is -0.442. The van der Waals surface area contributed by atoms with E-state index in [2.05, 4.69) is 16.2 Å². The summed E-state index contributed by atoms with van der Waals surface area (Å²) in [5, 5.41) is 3.19. The summed E-state index contributed by atoms with van der Waals surface area (Å²) in [5.74, 6) is 0. The van der Waals surface area contributed by atoms with Gasteiger partial charge in [-0.25, -0.2) is 10.2 Å². The van der Waals surface area contributed by atoms with E-state index in [4.69, 9.17) is 18.0 Å². The van der Waals surface area contributed by atoms with Gasteiger partial charge in [0.15, 0.2) is 5.11 Å². The molecule has 0 rings (SSSR count). The van der Waals surface area contributed by atoms with Crippen LogP contribution < -0.4 is 21.9 Å². The van der Waals surface area contributed by atoms with Crippen molar-refractivity contribution < 1.29 is 4.79 Å². The van der Waals surface area contributed by atoms with Crippen molar-refractivity contribution in [2.24, 2.45) is 5.73 Å². The van der Waals surface area contributed by atoms with Crippen LogP contribution in [0.1, 0.15) is 13.8 Å². The summed E-state index contributed by atoms with van der Waals surface area (Å²) in [7, 11) is 0. The average Bonchev–Trinajstić information content (AvgIpc) is 1.82. The number of hydrogen-bond acceptors (Lipinski definition) is 2. The molecule has 2 amide bonds. The lowest BCUT2D eigenvalue weighted by molar-refractivity contribution is 0.247. The third-order valence-corrected chi connectivity index (χ3v) is 0.939. The van der Waals surface area contributed by atoms with Crippen molar-refractivity contribution in [2.45, 2.75) is 19.9 Å². The highest BCUT2D eigenvalue weighted by atomic mass is 32.1. The molecule has 0 saturated heterocycles. The van der Waals surface area contributed by atoms with E-state index in [1.54, 1.807) is 0 Å². The zero-order chi connectivity index (χ0) is 8.85. The molecule has 0 aromatic rings. The molecule has 0 aliphatic rings. The summed E-state index contributed by atoms with van der Waals surface area (Å²) < 4.78 is 0. The van der Waals surface area contributed by atoms with Gasteiger partial charge in [-0.3, -0.25) is 5.43 Å². The van der Waals surface area contributed by atoms with Crippen molar-refractivity contribution in [3.05, 3.63) is 0 Å². The molecule has 0 saturated carbocycles. The number of carbonyl (C=O) groups is 1. The van der Waals surface area contributed by atoms with Crippen LogP contribution in [0.3, 0.4) is 0 Å². The van der Waals surface area contributed by atoms with Crippen LogP contribution in [0.4, 0.5) is 4.79 Å². The number of carbonyl (C=O) groups excluding carboxylic acids is 1. The first-order valence-electron chi connectivity index (χ1n) is 3.14. The molecular formula is C5H12N4OS. The van der Waals surface area contributed by atoms with Crippen molar-refractivity contribution in [1.82, 2.24) is 16.2 Å². The van der Waals surface area contributed by atoms with Gasteiger partial charge in [-0.15, -0.1) is 0 Å². The van der Waals surface area contributed by atoms with E-state index in [9.17, 15) is 4.79 Å². The summed E-state index contributed by atoms with van der Waals surface area (Å²) >= 11 is 4.76. The van der Waals surface area contributed by atoms with E-state index in [0.29, 0.717) is 5.11 Å². The minimum absolute atomic E-state index is 0.227. The Morgan fingerprint density at radius 1 is 1.45 bits per heavy atom. The molecule has 5 nitrogen and oxygen atoms in total. The zero-order valence-electron chi connectivity index (χ0n) is 6.47. The van der Waals surface area contributed by atoms with Crippen molar-refractivity contribution in [3.63, 3.8) is 0 Å². The van der Waals surface area contributed by atoms with Gasteiger partial charge >= 0.3 is 6.03 Å². The van der Waals surface area contributed by atoms with Crippen LogP contribution in [0.25, 0.3) is 0 Å². The predicted octanol–water partition coefficient (Wildman–Crippen LogP) is -0.558. The first-order chi connectivity index (χ1) is 5.02. The van der Waals surface area contributed by atoms with E-state index in [1.807, 2.05) is 13.8 Å². The van der Waals surface area contributed by atoms with E-state index in [-0.39, 0.29) is 6.04 Å². The summed E-state index contributed by atoms with van der Waals surface area (Å²) in [6.07, 6.45) is 0. The van der Waals surface area contributed by atoms with Gasteiger partial charge in [0.1, 0.15) is 0 Å². The second-order valence-electron chi connectivity index (χ2n) is 2.24. The third kappa shape index (κ3) is 6.85. The van der Waals surface area contributed by atoms with Gasteiger partial charge < -0.3 is 11.1 Å². The first-order valence-corrected chi connectivity index (χ1v) is 3.55. The third-order valence-electron chi connectivity index (χ3n) is 0.719. The normalized spacial score (nSPS) is 9.00. The number of hydrazine groups is 1. The molecule has 0 aliphatic heterocycles. The Hall–Kier alpha value is -1.04. The van der Waals surface area contributed by atoms with E-state index in [1.165, 1.54) is 0 Å². The summed E-state index contributed by atoms with van der Waals surface area (Å²) in [6.45, 7) is 3.86. The fourth-order valence-electron chi connectivity index (χ4n) is 0.417. The van der Waals surface area contributed by atoms with Crippen LogP contribution >= 0.6 is 12.2 Å². The van der Waals surface area contributed by atoms with Gasteiger partial charge in [0, 0.05) is 6.04 Å². The SMILES string of the molecule is CC(C)NC(=S)NNC(N)=O. The molecule has 0 unspecified atom stereocenters.